The van der Waals surface area contributed by atoms with Gasteiger partial charge in [0.15, 0.2) is 0 Å². The van der Waals surface area contributed by atoms with Crippen LogP contribution in [0.2, 0.25) is 0 Å². The monoisotopic (exact) mass is 504 g/mol. The number of ether oxygens (including phenoxy) is 1. The van der Waals surface area contributed by atoms with Crippen molar-refractivity contribution < 1.29 is 14.3 Å². The van der Waals surface area contributed by atoms with Crippen molar-refractivity contribution in [2.75, 3.05) is 19.7 Å². The summed E-state index contributed by atoms with van der Waals surface area (Å²) in [5.74, 6) is -1.42. The van der Waals surface area contributed by atoms with Crippen LogP contribution >= 0.6 is 0 Å². The number of hydrogen-bond acceptors (Lipinski definition) is 6. The highest BCUT2D eigenvalue weighted by molar-refractivity contribution is 5.92. The van der Waals surface area contributed by atoms with Gasteiger partial charge in [0, 0.05) is 13.1 Å². The van der Waals surface area contributed by atoms with Gasteiger partial charge in [-0.2, -0.15) is 9.78 Å². The average molecular weight is 505 g/mol. The minimum Gasteiger partial charge on any atom is -0.466 e. The number of benzene rings is 2. The summed E-state index contributed by atoms with van der Waals surface area (Å²) in [7, 11) is 0. The number of piperidine rings is 1. The molecule has 0 unspecified atom stereocenters. The molecule has 194 valence electrons. The Bertz CT molecular complexity index is 1460. The first-order chi connectivity index (χ1) is 17.7. The van der Waals surface area contributed by atoms with E-state index in [2.05, 4.69) is 5.10 Å². The summed E-state index contributed by atoms with van der Waals surface area (Å²) in [6, 6.07) is 12.9. The Hall–Kier alpha value is -4.01. The summed E-state index contributed by atoms with van der Waals surface area (Å²) >= 11 is 0. The third kappa shape index (κ3) is 5.55. The summed E-state index contributed by atoms with van der Waals surface area (Å²) in [6.45, 7) is 8.32. The molecule has 0 radical (unpaired) electrons. The number of carbonyl (C=O) groups excluding carboxylic acids is 2. The molecule has 0 bridgehead atoms. The average Bonchev–Trinajstić information content (AvgIpc) is 2.88. The lowest BCUT2D eigenvalue weighted by atomic mass is 9.98. The second-order valence-electron chi connectivity index (χ2n) is 9.53. The molecule has 9 heteroatoms. The van der Waals surface area contributed by atoms with Crippen LogP contribution in [0, 0.1) is 26.7 Å². The second-order valence-corrected chi connectivity index (χ2v) is 9.53. The molecular weight excluding hydrogens is 472 g/mol. The van der Waals surface area contributed by atoms with Gasteiger partial charge < -0.3 is 9.64 Å². The molecule has 0 N–H and O–H groups in total. The zero-order valence-corrected chi connectivity index (χ0v) is 21.7. The smallest absolute Gasteiger partial charge is 0.352 e. The van der Waals surface area contributed by atoms with Crippen LogP contribution in [0.1, 0.15) is 52.5 Å². The maximum Gasteiger partial charge on any atom is 0.352 e. The summed E-state index contributed by atoms with van der Waals surface area (Å²) < 4.78 is 7.31. The van der Waals surface area contributed by atoms with Gasteiger partial charge in [0.2, 0.25) is 5.69 Å². The molecule has 2 heterocycles. The number of amides is 1. The minimum atomic E-state index is -0.755. The maximum atomic E-state index is 13.6. The lowest BCUT2D eigenvalue weighted by Gasteiger charge is -2.31. The highest BCUT2D eigenvalue weighted by Crippen LogP contribution is 2.19. The molecule has 1 aromatic heterocycles. The molecule has 3 aromatic rings. The number of rotatable bonds is 6. The second kappa shape index (κ2) is 10.9. The van der Waals surface area contributed by atoms with Crippen LogP contribution in [0.4, 0.5) is 0 Å². The molecule has 1 atom stereocenters. The Balaban J connectivity index is 1.81. The fourth-order valence-corrected chi connectivity index (χ4v) is 4.57. The number of aromatic nitrogens is 3. The van der Waals surface area contributed by atoms with E-state index in [0.717, 1.165) is 31.5 Å². The molecule has 0 spiro atoms. The highest BCUT2D eigenvalue weighted by Gasteiger charge is 2.32. The number of aryl methyl sites for hydroxylation is 3. The molecule has 9 nitrogen and oxygen atoms in total. The molecule has 1 fully saturated rings. The topological polar surface area (TPSA) is 104 Å². The number of hydrogen-bond donors (Lipinski definition) is 0. The summed E-state index contributed by atoms with van der Waals surface area (Å²) in [4.78, 5) is 54.4. The number of esters is 1. The van der Waals surface area contributed by atoms with Gasteiger partial charge >= 0.3 is 11.7 Å². The SMILES string of the molecule is CCOC(=O)[C@H]1CCCN(C(=O)c2nn(-c3ccc(C)c(C)c3)c(=O)n(Cc3cccc(C)c3)c2=O)C1. The third-order valence-electron chi connectivity index (χ3n) is 6.75. The first-order valence-electron chi connectivity index (χ1n) is 12.5. The van der Waals surface area contributed by atoms with E-state index in [9.17, 15) is 19.2 Å². The van der Waals surface area contributed by atoms with Gasteiger partial charge in [0.1, 0.15) is 0 Å². The van der Waals surface area contributed by atoms with Crippen LogP contribution in [0.5, 0.6) is 0 Å². The molecule has 2 aromatic carbocycles. The molecule has 1 aliphatic heterocycles. The largest absolute Gasteiger partial charge is 0.466 e. The predicted octanol–water partition coefficient (Wildman–Crippen LogP) is 2.78. The molecule has 1 amide bonds. The van der Waals surface area contributed by atoms with Crippen LogP contribution < -0.4 is 11.2 Å². The van der Waals surface area contributed by atoms with Crippen LogP contribution in [-0.2, 0) is 16.1 Å². The molecular formula is C28H32N4O5. The number of nitrogens with zero attached hydrogens (tertiary/aromatic N) is 4. The zero-order chi connectivity index (χ0) is 26.7. The van der Waals surface area contributed by atoms with E-state index in [-0.39, 0.29) is 31.4 Å². The van der Waals surface area contributed by atoms with Crippen molar-refractivity contribution >= 4 is 11.9 Å². The van der Waals surface area contributed by atoms with E-state index in [1.807, 2.05) is 51.1 Å². The van der Waals surface area contributed by atoms with Gasteiger partial charge in [0.05, 0.1) is 24.8 Å². The summed E-state index contributed by atoms with van der Waals surface area (Å²) in [5.41, 5.74) is 2.46. The van der Waals surface area contributed by atoms with Gasteiger partial charge in [-0.15, -0.1) is 0 Å². The normalized spacial score (nSPS) is 15.5. The fourth-order valence-electron chi connectivity index (χ4n) is 4.57. The molecule has 0 aliphatic carbocycles. The molecule has 1 saturated heterocycles. The molecule has 37 heavy (non-hydrogen) atoms. The lowest BCUT2D eigenvalue weighted by Crippen LogP contribution is -2.49. The quantitative estimate of drug-likeness (QED) is 0.478. The van der Waals surface area contributed by atoms with Gasteiger partial charge in [-0.1, -0.05) is 35.9 Å². The van der Waals surface area contributed by atoms with E-state index in [1.54, 1.807) is 19.1 Å². The van der Waals surface area contributed by atoms with E-state index in [4.69, 9.17) is 4.74 Å². The van der Waals surface area contributed by atoms with Crippen molar-refractivity contribution in [3.8, 4) is 5.69 Å². The first-order valence-corrected chi connectivity index (χ1v) is 12.5. The van der Waals surface area contributed by atoms with Crippen LogP contribution in [-0.4, -0.2) is 50.8 Å². The first kappa shape index (κ1) is 26.1. The van der Waals surface area contributed by atoms with Gasteiger partial charge in [-0.3, -0.25) is 19.0 Å². The van der Waals surface area contributed by atoms with Gasteiger partial charge in [-0.25, -0.2) is 4.79 Å². The number of carbonyl (C=O) groups is 2. The van der Waals surface area contributed by atoms with E-state index < -0.39 is 23.1 Å². The van der Waals surface area contributed by atoms with Crippen molar-refractivity contribution in [3.05, 3.63) is 91.3 Å². The Morgan fingerprint density at radius 2 is 1.84 bits per heavy atom. The van der Waals surface area contributed by atoms with Crippen LogP contribution in [0.25, 0.3) is 5.69 Å². The van der Waals surface area contributed by atoms with Crippen molar-refractivity contribution in [1.29, 1.82) is 0 Å². The standard InChI is InChI=1S/C28H32N4O5/c1-5-37-27(35)22-10-7-13-30(17-22)25(33)24-26(34)31(16-21-9-6-8-18(2)14-21)28(36)32(29-24)23-12-11-19(3)20(4)15-23/h6,8-9,11-12,14-15,22H,5,7,10,13,16-17H2,1-4H3/t22-/m0/s1. The third-order valence-corrected chi connectivity index (χ3v) is 6.75. The predicted molar refractivity (Wildman–Crippen MR) is 139 cm³/mol. The lowest BCUT2D eigenvalue weighted by molar-refractivity contribution is -0.149. The summed E-state index contributed by atoms with van der Waals surface area (Å²) in [5, 5.41) is 4.28. The summed E-state index contributed by atoms with van der Waals surface area (Å²) in [6.07, 6.45) is 1.21. The van der Waals surface area contributed by atoms with Crippen molar-refractivity contribution in [2.24, 2.45) is 5.92 Å². The Labute approximate surface area is 215 Å². The van der Waals surface area contributed by atoms with E-state index >= 15 is 0 Å². The van der Waals surface area contributed by atoms with E-state index in [0.29, 0.717) is 25.1 Å². The minimum absolute atomic E-state index is 0.00155. The molecule has 0 saturated carbocycles. The Morgan fingerprint density at radius 3 is 2.54 bits per heavy atom. The van der Waals surface area contributed by atoms with Crippen molar-refractivity contribution in [1.82, 2.24) is 19.2 Å². The van der Waals surface area contributed by atoms with Gasteiger partial charge in [0.25, 0.3) is 11.5 Å². The number of likely N-dealkylation sites (tertiary alicyclic amines) is 1. The maximum absolute atomic E-state index is 13.6. The Kier molecular flexibility index (Phi) is 7.71. The van der Waals surface area contributed by atoms with Crippen LogP contribution in [0.3, 0.4) is 0 Å². The van der Waals surface area contributed by atoms with Crippen molar-refractivity contribution in [2.45, 2.75) is 47.1 Å². The fraction of sp³-hybridized carbons (Fsp3) is 0.393. The molecule has 1 aliphatic rings. The van der Waals surface area contributed by atoms with Crippen LogP contribution in [0.15, 0.2) is 52.1 Å². The van der Waals surface area contributed by atoms with Gasteiger partial charge in [-0.05, 0) is 69.4 Å². The van der Waals surface area contributed by atoms with E-state index in [1.165, 1.54) is 4.90 Å². The highest BCUT2D eigenvalue weighted by atomic mass is 16.5. The Morgan fingerprint density at radius 1 is 1.05 bits per heavy atom. The molecule has 4 rings (SSSR count). The zero-order valence-electron chi connectivity index (χ0n) is 21.7. The van der Waals surface area contributed by atoms with Crippen molar-refractivity contribution in [3.63, 3.8) is 0 Å².